The molecule has 0 saturated carbocycles. The van der Waals surface area contributed by atoms with E-state index in [9.17, 15) is 18.8 Å². The van der Waals surface area contributed by atoms with E-state index in [-0.39, 0.29) is 18.5 Å². The number of halogens is 1. The standard InChI is InChI=1S/C16H17FN2O4/c1-2-3-4-12(16(22)23)19-15(21)11-8-14(20)18-13-7-9(17)5-6-10(11)13/h2-3,5-7,11-12H,4,8H2,1H3,(H,18,20)(H,19,21)(H,22,23)/b3-2+. The van der Waals surface area contributed by atoms with Crippen molar-refractivity contribution in [2.24, 2.45) is 0 Å². The van der Waals surface area contributed by atoms with Crippen LogP contribution in [0.3, 0.4) is 0 Å². The molecule has 0 fully saturated rings. The van der Waals surface area contributed by atoms with Crippen LogP contribution in [0.1, 0.15) is 31.2 Å². The molecular weight excluding hydrogens is 303 g/mol. The van der Waals surface area contributed by atoms with Gasteiger partial charge >= 0.3 is 5.97 Å². The van der Waals surface area contributed by atoms with E-state index in [0.717, 1.165) is 6.07 Å². The van der Waals surface area contributed by atoms with Gasteiger partial charge < -0.3 is 15.7 Å². The molecule has 0 spiro atoms. The SMILES string of the molecule is C/C=C/CC(NC(=O)C1CC(=O)Nc2cc(F)ccc21)C(=O)O. The maximum absolute atomic E-state index is 13.3. The van der Waals surface area contributed by atoms with Crippen LogP contribution in [0.2, 0.25) is 0 Å². The molecule has 6 nitrogen and oxygen atoms in total. The number of carboxylic acids is 1. The van der Waals surface area contributed by atoms with Crippen LogP contribution in [-0.2, 0) is 14.4 Å². The van der Waals surface area contributed by atoms with E-state index < -0.39 is 35.6 Å². The van der Waals surface area contributed by atoms with Crippen LogP contribution in [-0.4, -0.2) is 28.9 Å². The molecule has 0 radical (unpaired) electrons. The van der Waals surface area contributed by atoms with Crippen molar-refractivity contribution in [3.8, 4) is 0 Å². The Kier molecular flexibility index (Phi) is 5.10. The third-order valence-electron chi connectivity index (χ3n) is 3.59. The monoisotopic (exact) mass is 320 g/mol. The van der Waals surface area contributed by atoms with E-state index in [0.29, 0.717) is 5.56 Å². The maximum atomic E-state index is 13.3. The molecule has 3 N–H and O–H groups in total. The van der Waals surface area contributed by atoms with Gasteiger partial charge in [0.1, 0.15) is 11.9 Å². The average molecular weight is 320 g/mol. The van der Waals surface area contributed by atoms with Crippen molar-refractivity contribution >= 4 is 23.5 Å². The van der Waals surface area contributed by atoms with Gasteiger partial charge in [0.05, 0.1) is 5.92 Å². The summed E-state index contributed by atoms with van der Waals surface area (Å²) < 4.78 is 13.3. The maximum Gasteiger partial charge on any atom is 0.326 e. The first kappa shape index (κ1) is 16.7. The molecule has 1 aliphatic rings. The highest BCUT2D eigenvalue weighted by Crippen LogP contribution is 2.32. The first-order valence-corrected chi connectivity index (χ1v) is 7.16. The van der Waals surface area contributed by atoms with E-state index in [4.69, 9.17) is 5.11 Å². The third kappa shape index (κ3) is 3.94. The summed E-state index contributed by atoms with van der Waals surface area (Å²) in [6.07, 6.45) is 3.36. The van der Waals surface area contributed by atoms with Crippen molar-refractivity contribution in [3.05, 3.63) is 41.7 Å². The molecule has 2 unspecified atom stereocenters. The van der Waals surface area contributed by atoms with Crippen LogP contribution in [0.15, 0.2) is 30.4 Å². The molecule has 0 aliphatic carbocycles. The van der Waals surface area contributed by atoms with Gasteiger partial charge in [-0.25, -0.2) is 9.18 Å². The Morgan fingerprint density at radius 1 is 1.52 bits per heavy atom. The zero-order valence-electron chi connectivity index (χ0n) is 12.5. The number of anilines is 1. The fraction of sp³-hybridized carbons (Fsp3) is 0.312. The molecule has 0 saturated heterocycles. The van der Waals surface area contributed by atoms with E-state index in [1.54, 1.807) is 19.1 Å². The van der Waals surface area contributed by atoms with Crippen LogP contribution in [0.25, 0.3) is 0 Å². The van der Waals surface area contributed by atoms with Gasteiger partial charge in [0.25, 0.3) is 0 Å². The second-order valence-electron chi connectivity index (χ2n) is 5.24. The van der Waals surface area contributed by atoms with Crippen LogP contribution < -0.4 is 10.6 Å². The lowest BCUT2D eigenvalue weighted by Crippen LogP contribution is -2.44. The average Bonchev–Trinajstić information content (AvgIpc) is 2.49. The minimum atomic E-state index is -1.16. The van der Waals surface area contributed by atoms with E-state index in [2.05, 4.69) is 10.6 Å². The van der Waals surface area contributed by atoms with E-state index in [1.807, 2.05) is 0 Å². The number of hydrogen-bond acceptors (Lipinski definition) is 3. The highest BCUT2D eigenvalue weighted by Gasteiger charge is 2.32. The number of hydrogen-bond donors (Lipinski definition) is 3. The minimum absolute atomic E-state index is 0.111. The van der Waals surface area contributed by atoms with Crippen LogP contribution in [0, 0.1) is 5.82 Å². The quantitative estimate of drug-likeness (QED) is 0.721. The number of carboxylic acid groups (broad SMARTS) is 1. The number of rotatable bonds is 5. The zero-order chi connectivity index (χ0) is 17.0. The van der Waals surface area contributed by atoms with Gasteiger partial charge in [0.2, 0.25) is 11.8 Å². The van der Waals surface area contributed by atoms with Crippen molar-refractivity contribution in [1.82, 2.24) is 5.32 Å². The molecule has 23 heavy (non-hydrogen) atoms. The predicted molar refractivity (Wildman–Crippen MR) is 81.4 cm³/mol. The summed E-state index contributed by atoms with van der Waals surface area (Å²) in [5, 5.41) is 14.1. The first-order chi connectivity index (χ1) is 10.9. The Bertz CT molecular complexity index is 672. The summed E-state index contributed by atoms with van der Waals surface area (Å²) in [4.78, 5) is 35.3. The molecule has 2 rings (SSSR count). The first-order valence-electron chi connectivity index (χ1n) is 7.16. The summed E-state index contributed by atoms with van der Waals surface area (Å²) in [7, 11) is 0. The topological polar surface area (TPSA) is 95.5 Å². The van der Waals surface area contributed by atoms with Gasteiger partial charge in [0, 0.05) is 12.1 Å². The molecule has 1 aliphatic heterocycles. The number of nitrogens with one attached hydrogen (secondary N) is 2. The number of carbonyl (C=O) groups excluding carboxylic acids is 2. The highest BCUT2D eigenvalue weighted by atomic mass is 19.1. The second-order valence-corrected chi connectivity index (χ2v) is 5.24. The van der Waals surface area contributed by atoms with Gasteiger partial charge in [-0.1, -0.05) is 18.2 Å². The molecular formula is C16H17FN2O4. The summed E-state index contributed by atoms with van der Waals surface area (Å²) in [5.74, 6) is -3.50. The van der Waals surface area contributed by atoms with Crippen molar-refractivity contribution in [2.75, 3.05) is 5.32 Å². The lowest BCUT2D eigenvalue weighted by molar-refractivity contribution is -0.142. The van der Waals surface area contributed by atoms with Gasteiger partial charge in [-0.15, -0.1) is 0 Å². The fourth-order valence-corrected chi connectivity index (χ4v) is 2.44. The van der Waals surface area contributed by atoms with Gasteiger partial charge in [0.15, 0.2) is 0 Å². The molecule has 122 valence electrons. The van der Waals surface area contributed by atoms with E-state index in [1.165, 1.54) is 12.1 Å². The summed E-state index contributed by atoms with van der Waals surface area (Å²) in [6, 6.07) is 2.69. The summed E-state index contributed by atoms with van der Waals surface area (Å²) in [5.41, 5.74) is 0.709. The molecule has 2 atom stereocenters. The van der Waals surface area contributed by atoms with Gasteiger partial charge in [-0.3, -0.25) is 9.59 Å². The molecule has 2 amide bonds. The smallest absolute Gasteiger partial charge is 0.326 e. The van der Waals surface area contributed by atoms with Crippen molar-refractivity contribution in [3.63, 3.8) is 0 Å². The normalized spacial score (nSPS) is 18.2. The molecule has 0 aromatic heterocycles. The molecule has 7 heteroatoms. The number of amides is 2. The Morgan fingerprint density at radius 3 is 2.91 bits per heavy atom. The number of aliphatic carboxylic acids is 1. The largest absolute Gasteiger partial charge is 0.480 e. The summed E-state index contributed by atoms with van der Waals surface area (Å²) in [6.45, 7) is 1.75. The van der Waals surface area contributed by atoms with Gasteiger partial charge in [-0.05, 0) is 31.0 Å². The van der Waals surface area contributed by atoms with Crippen molar-refractivity contribution < 1.29 is 23.9 Å². The molecule has 1 heterocycles. The highest BCUT2D eigenvalue weighted by molar-refractivity contribution is 6.01. The lowest BCUT2D eigenvalue weighted by Gasteiger charge is -2.26. The van der Waals surface area contributed by atoms with E-state index >= 15 is 0 Å². The Morgan fingerprint density at radius 2 is 2.26 bits per heavy atom. The molecule has 1 aromatic rings. The Balaban J connectivity index is 2.22. The fourth-order valence-electron chi connectivity index (χ4n) is 2.44. The number of allylic oxidation sites excluding steroid dienone is 1. The van der Waals surface area contributed by atoms with Crippen LogP contribution in [0.5, 0.6) is 0 Å². The molecule has 0 bridgehead atoms. The molecule has 1 aromatic carbocycles. The second kappa shape index (κ2) is 7.04. The van der Waals surface area contributed by atoms with Crippen molar-refractivity contribution in [1.29, 1.82) is 0 Å². The van der Waals surface area contributed by atoms with Crippen molar-refractivity contribution in [2.45, 2.75) is 31.7 Å². The van der Waals surface area contributed by atoms with Crippen LogP contribution >= 0.6 is 0 Å². The number of benzene rings is 1. The minimum Gasteiger partial charge on any atom is -0.480 e. The Labute approximate surface area is 132 Å². The predicted octanol–water partition coefficient (Wildman–Crippen LogP) is 1.79. The van der Waals surface area contributed by atoms with Gasteiger partial charge in [-0.2, -0.15) is 0 Å². The Hall–Kier alpha value is -2.70. The summed E-state index contributed by atoms with van der Waals surface area (Å²) >= 11 is 0. The number of carbonyl (C=O) groups is 3. The third-order valence-corrected chi connectivity index (χ3v) is 3.59. The lowest BCUT2D eigenvalue weighted by atomic mass is 9.89. The van der Waals surface area contributed by atoms with Crippen LogP contribution in [0.4, 0.5) is 10.1 Å². The zero-order valence-corrected chi connectivity index (χ0v) is 12.5. The number of fused-ring (bicyclic) bond motifs is 1.